The third-order valence-corrected chi connectivity index (χ3v) is 16.2. The number of alkyl halides is 3. The smallest absolute Gasteiger partial charge is 0.508 e. The molecule has 4 N–H and O–H groups in total. The molecule has 0 spiro atoms. The fourth-order valence-electron chi connectivity index (χ4n) is 10.8. The summed E-state index contributed by atoms with van der Waals surface area (Å²) in [6.45, 7) is -0.287. The van der Waals surface area contributed by atoms with Crippen LogP contribution in [0.25, 0.3) is 32.7 Å². The van der Waals surface area contributed by atoms with Crippen LogP contribution in [0, 0.1) is 26.8 Å². The zero-order valence-electron chi connectivity index (χ0n) is 54.9. The number of halogens is 11. The first-order valence-electron chi connectivity index (χ1n) is 30.9. The van der Waals surface area contributed by atoms with Crippen molar-refractivity contribution in [2.75, 3.05) is 26.9 Å². The second-order valence-corrected chi connectivity index (χ2v) is 30.1. The zero-order chi connectivity index (χ0) is 74.7. The lowest BCUT2D eigenvalue weighted by atomic mass is 9.99. The van der Waals surface area contributed by atoms with Gasteiger partial charge in [0.05, 0.1) is 39.8 Å². The molecule has 11 rings (SSSR count). The topological polar surface area (TPSA) is 241 Å². The maximum Gasteiger partial charge on any atom is 0.573 e. The van der Waals surface area contributed by atoms with Crippen LogP contribution in [0.5, 0.6) is 28.7 Å². The summed E-state index contributed by atoms with van der Waals surface area (Å²) >= 11 is 11.4. The van der Waals surface area contributed by atoms with Crippen molar-refractivity contribution >= 4 is 106 Å². The number of aromatic hydroxyl groups is 1. The first-order chi connectivity index (χ1) is 48.5. The van der Waals surface area contributed by atoms with E-state index in [1.807, 2.05) is 6.07 Å². The standard InChI is InChI=1S/C26H22F4N2O5.C20H21FN2O4.C19H19FN2O4.C6H4FI.BBr3/c1-31-21-10-11-22(36-18-4-2-5-19(15-18)37-26(28,29)30)20(14-16-6-8-17(27)9-7-16)23(21)24(34)32(25(31)35)12-3-13-33;1-22-16-8-9-17(27-2)15(12-13-4-6-14(21)7-5-13)18(16)19(25)23(20(22)26)10-3-11-24;1-21-15-7-8-16(24)14(11-12-3-5-13(20)6-4-12)17(15)18(25)22(19(21)26)9-2-10-23;7-5-2-1-3-6(8)4-5;2-1(3)4/h2,4-11,15,33H,3,12-14H2,1H3;4-9,24H,3,10-12H2,1-2H3;3-8,23-24H,2,9-11H2,1H3;1-4H;. The Kier molecular flexibility index (Phi) is 29.7. The summed E-state index contributed by atoms with van der Waals surface area (Å²) < 4.78 is 114. The van der Waals surface area contributed by atoms with Crippen molar-refractivity contribution in [2.45, 2.75) is 64.5 Å². The molecular weight excluding hydrogens is 1660 g/mol. The molecule has 31 heteroatoms. The van der Waals surface area contributed by atoms with Gasteiger partial charge in [0.1, 0.15) is 52.0 Å². The molecule has 0 saturated heterocycles. The van der Waals surface area contributed by atoms with E-state index >= 15 is 0 Å². The van der Waals surface area contributed by atoms with Gasteiger partial charge in [-0.05, 0) is 162 Å². The van der Waals surface area contributed by atoms with Crippen LogP contribution in [0.4, 0.5) is 30.7 Å². The number of aryl methyl sites for hydroxylation is 3. The van der Waals surface area contributed by atoms with Gasteiger partial charge in [0.2, 0.25) is 0 Å². The fourth-order valence-corrected chi connectivity index (χ4v) is 11.3. The molecular formula is C71H66BBr3F7IN6O13. The van der Waals surface area contributed by atoms with Gasteiger partial charge in [-0.25, -0.2) is 31.9 Å². The van der Waals surface area contributed by atoms with Crippen molar-refractivity contribution in [1.29, 1.82) is 0 Å². The predicted molar refractivity (Wildman–Crippen MR) is 396 cm³/mol. The third kappa shape index (κ3) is 21.3. The molecule has 0 aliphatic heterocycles. The molecule has 0 fully saturated rings. The Labute approximate surface area is 616 Å². The van der Waals surface area contributed by atoms with Gasteiger partial charge in [-0.15, -0.1) is 60.4 Å². The monoisotopic (exact) mass is 1720 g/mol. The van der Waals surface area contributed by atoms with Gasteiger partial charge in [0.15, 0.2) is 0 Å². The number of aliphatic hydroxyl groups is 3. The molecule has 0 radical (unpaired) electrons. The Morgan fingerprint density at radius 2 is 0.814 bits per heavy atom. The highest BCUT2D eigenvalue weighted by Gasteiger charge is 2.31. The molecule has 102 heavy (non-hydrogen) atoms. The van der Waals surface area contributed by atoms with Gasteiger partial charge in [-0.3, -0.25) is 41.8 Å². The van der Waals surface area contributed by atoms with Gasteiger partial charge < -0.3 is 34.6 Å². The second-order valence-electron chi connectivity index (χ2n) is 22.4. The molecule has 0 amide bonds. The van der Waals surface area contributed by atoms with Crippen LogP contribution in [0.15, 0.2) is 186 Å². The van der Waals surface area contributed by atoms with Crippen LogP contribution in [0.3, 0.4) is 0 Å². The molecule has 3 heterocycles. The van der Waals surface area contributed by atoms with Crippen LogP contribution in [-0.2, 0) is 60.0 Å². The van der Waals surface area contributed by atoms with Gasteiger partial charge in [0.25, 0.3) is 16.7 Å². The number of fused-ring (bicyclic) bond motifs is 3. The minimum atomic E-state index is -4.89. The van der Waals surface area contributed by atoms with E-state index in [2.05, 4.69) is 74.6 Å². The summed E-state index contributed by atoms with van der Waals surface area (Å²) in [5, 5.41) is 38.4. The van der Waals surface area contributed by atoms with Crippen LogP contribution in [-0.4, -0.2) is 84.3 Å². The number of aliphatic hydroxyl groups excluding tert-OH is 3. The van der Waals surface area contributed by atoms with Crippen LogP contribution in [0.1, 0.15) is 52.6 Å². The molecule has 0 unspecified atom stereocenters. The predicted octanol–water partition coefficient (Wildman–Crippen LogP) is 12.4. The first-order valence-corrected chi connectivity index (χ1v) is 34.8. The number of phenolic OH excluding ortho intramolecular Hbond substituents is 1. The highest BCUT2D eigenvalue weighted by Crippen LogP contribution is 2.35. The minimum absolute atomic E-state index is 0.0180. The van der Waals surface area contributed by atoms with Crippen molar-refractivity contribution in [2.24, 2.45) is 21.1 Å². The molecule has 8 aromatic carbocycles. The minimum Gasteiger partial charge on any atom is -0.508 e. The normalized spacial score (nSPS) is 11.0. The van der Waals surface area contributed by atoms with Gasteiger partial charge in [0, 0.05) is 106 Å². The van der Waals surface area contributed by atoms with Gasteiger partial charge in [-0.2, -0.15) is 0 Å². The number of rotatable bonds is 19. The average Bonchev–Trinajstić information content (AvgIpc) is 0.764. The Morgan fingerprint density at radius 3 is 1.18 bits per heavy atom. The molecule has 0 saturated carbocycles. The number of nitrogens with zero attached hydrogens (tertiary/aromatic N) is 6. The van der Waals surface area contributed by atoms with Crippen molar-refractivity contribution in [3.05, 3.63) is 280 Å². The van der Waals surface area contributed by atoms with E-state index in [-0.39, 0.29) is 114 Å². The Morgan fingerprint density at radius 1 is 0.461 bits per heavy atom. The highest BCUT2D eigenvalue weighted by atomic mass is 127. The third-order valence-electron chi connectivity index (χ3n) is 15.6. The summed E-state index contributed by atoms with van der Waals surface area (Å²) in [5.74, 6) is -1.17. The number of phenols is 1. The quantitative estimate of drug-likeness (QED) is 0.0335. The summed E-state index contributed by atoms with van der Waals surface area (Å²) in [6, 6.07) is 38.2. The van der Waals surface area contributed by atoms with E-state index in [1.165, 1.54) is 125 Å². The Balaban J connectivity index is 0.000000201. The van der Waals surface area contributed by atoms with Gasteiger partial charge in [-0.1, -0.05) is 48.5 Å². The number of ether oxygens (including phenoxy) is 3. The van der Waals surface area contributed by atoms with Crippen molar-refractivity contribution in [3.8, 4) is 28.7 Å². The molecule has 0 atom stereocenters. The molecule has 11 aromatic rings. The maximum absolute atomic E-state index is 13.5. The number of benzene rings is 8. The summed E-state index contributed by atoms with van der Waals surface area (Å²) in [4.78, 5) is 77.3. The van der Waals surface area contributed by atoms with E-state index in [1.54, 1.807) is 56.6 Å². The second kappa shape index (κ2) is 37.5. The Bertz CT molecular complexity index is 5100. The number of hydrogen-bond donors (Lipinski definition) is 4. The molecule has 538 valence electrons. The molecule has 0 aliphatic rings. The lowest BCUT2D eigenvalue weighted by Crippen LogP contribution is -2.39. The largest absolute Gasteiger partial charge is 0.573 e. The number of methoxy groups -OCH3 is 1. The van der Waals surface area contributed by atoms with E-state index in [0.717, 1.165) is 40.5 Å². The van der Waals surface area contributed by atoms with E-state index < -0.39 is 51.7 Å². The number of hydrogen-bond acceptors (Lipinski definition) is 13. The van der Waals surface area contributed by atoms with E-state index in [0.29, 0.717) is 62.8 Å². The van der Waals surface area contributed by atoms with Crippen molar-refractivity contribution in [1.82, 2.24) is 27.4 Å². The SMILES string of the molecule is BrB(Br)Br.COc1ccc2c(c1Cc1ccc(F)cc1)c(=O)n(CCCO)c(=O)n2C.Cn1c(=O)n(CCCO)c(=O)c2c(Cc3ccc(F)cc3)c(O)ccc21.Cn1c(=O)n(CCCO)c(=O)c2c(Cc3ccc(F)cc3)c(Oc3cccc(OC(F)(F)F)c3)ccc21.Fc1cccc(I)c1. The summed E-state index contributed by atoms with van der Waals surface area (Å²) in [7, 11) is 6.17. The highest BCUT2D eigenvalue weighted by molar-refractivity contribution is 14.1. The van der Waals surface area contributed by atoms with Crippen molar-refractivity contribution < 1.29 is 65.4 Å². The molecule has 3 aromatic heterocycles. The zero-order valence-corrected chi connectivity index (χ0v) is 61.8. The summed E-state index contributed by atoms with van der Waals surface area (Å²) in [6.07, 6.45) is -3.47. The first kappa shape index (κ1) is 80.7. The van der Waals surface area contributed by atoms with E-state index in [9.17, 15) is 69.7 Å². The van der Waals surface area contributed by atoms with Crippen LogP contribution < -0.4 is 48.0 Å². The Hall–Kier alpha value is -8.60. The van der Waals surface area contributed by atoms with E-state index in [4.69, 9.17) is 19.7 Å². The van der Waals surface area contributed by atoms with Crippen molar-refractivity contribution in [3.63, 3.8) is 0 Å². The lowest BCUT2D eigenvalue weighted by molar-refractivity contribution is -0.274. The molecule has 19 nitrogen and oxygen atoms in total. The molecule has 0 aliphatic carbocycles. The lowest BCUT2D eigenvalue weighted by Gasteiger charge is -2.17. The maximum atomic E-state index is 13.5. The fraction of sp³-hybridized carbons (Fsp3) is 0.239. The summed E-state index contributed by atoms with van der Waals surface area (Å²) in [5.41, 5.74) is 1.76. The average molecular weight is 1720 g/mol. The number of aromatic nitrogens is 6. The molecule has 0 bridgehead atoms. The van der Waals surface area contributed by atoms with Crippen LogP contribution in [0.2, 0.25) is 0 Å². The van der Waals surface area contributed by atoms with Crippen LogP contribution >= 0.6 is 69.9 Å². The van der Waals surface area contributed by atoms with Gasteiger partial charge >= 0.3 is 26.6 Å².